The summed E-state index contributed by atoms with van der Waals surface area (Å²) in [6, 6.07) is 12.6. The summed E-state index contributed by atoms with van der Waals surface area (Å²) in [7, 11) is 1.22. The fourth-order valence-electron chi connectivity index (χ4n) is 2.43. The van der Waals surface area contributed by atoms with E-state index < -0.39 is 29.7 Å². The number of halogens is 3. The average Bonchev–Trinajstić information content (AvgIpc) is 2.61. The van der Waals surface area contributed by atoms with E-state index in [1.165, 1.54) is 19.2 Å². The van der Waals surface area contributed by atoms with Crippen molar-refractivity contribution in [3.05, 3.63) is 71.3 Å². The number of esters is 1. The number of rotatable bonds is 6. The number of hydrogen-bond donors (Lipinski definition) is 1. The summed E-state index contributed by atoms with van der Waals surface area (Å²) >= 11 is 0. The van der Waals surface area contributed by atoms with Crippen LogP contribution in [0.25, 0.3) is 0 Å². The Hall–Kier alpha value is -2.83. The van der Waals surface area contributed by atoms with E-state index in [1.807, 2.05) is 30.3 Å². The van der Waals surface area contributed by atoms with Gasteiger partial charge in [-0.25, -0.2) is 4.79 Å². The predicted octanol–water partition coefficient (Wildman–Crippen LogP) is 3.15. The van der Waals surface area contributed by atoms with E-state index in [-0.39, 0.29) is 12.8 Å². The van der Waals surface area contributed by atoms with Crippen molar-refractivity contribution in [1.82, 2.24) is 5.32 Å². The van der Waals surface area contributed by atoms with Crippen molar-refractivity contribution in [3.63, 3.8) is 0 Å². The Morgan fingerprint density at radius 1 is 1.00 bits per heavy atom. The highest BCUT2D eigenvalue weighted by Crippen LogP contribution is 2.29. The van der Waals surface area contributed by atoms with Crippen molar-refractivity contribution in [1.29, 1.82) is 0 Å². The summed E-state index contributed by atoms with van der Waals surface area (Å²) < 4.78 is 42.4. The summed E-state index contributed by atoms with van der Waals surface area (Å²) in [6.07, 6.45) is -4.31. The molecule has 0 saturated carbocycles. The molecule has 0 aliphatic carbocycles. The molecule has 0 saturated heterocycles. The van der Waals surface area contributed by atoms with Crippen molar-refractivity contribution in [2.45, 2.75) is 25.1 Å². The highest BCUT2D eigenvalue weighted by Gasteiger charge is 2.30. The van der Waals surface area contributed by atoms with Crippen LogP contribution >= 0.6 is 0 Å². The summed E-state index contributed by atoms with van der Waals surface area (Å²) in [5, 5.41) is 2.57. The highest BCUT2D eigenvalue weighted by atomic mass is 19.4. The molecule has 0 aromatic heterocycles. The molecule has 2 aromatic carbocycles. The van der Waals surface area contributed by atoms with Gasteiger partial charge in [0.1, 0.15) is 6.04 Å². The third-order valence-corrected chi connectivity index (χ3v) is 3.75. The molecule has 0 fully saturated rings. The predicted molar refractivity (Wildman–Crippen MR) is 89.2 cm³/mol. The molecule has 1 atom stereocenters. The zero-order valence-corrected chi connectivity index (χ0v) is 14.0. The molecule has 1 N–H and O–H groups in total. The van der Waals surface area contributed by atoms with Gasteiger partial charge in [0.2, 0.25) is 5.91 Å². The van der Waals surface area contributed by atoms with E-state index in [2.05, 4.69) is 5.32 Å². The second kappa shape index (κ2) is 8.51. The van der Waals surface area contributed by atoms with Gasteiger partial charge in [-0.05, 0) is 23.3 Å². The van der Waals surface area contributed by atoms with Crippen molar-refractivity contribution in [2.24, 2.45) is 0 Å². The van der Waals surface area contributed by atoms with Crippen LogP contribution in [0.4, 0.5) is 13.2 Å². The molecular formula is C19H18F3NO3. The lowest BCUT2D eigenvalue weighted by molar-refractivity contribution is -0.145. The Balaban J connectivity index is 2.01. The second-order valence-electron chi connectivity index (χ2n) is 5.70. The van der Waals surface area contributed by atoms with Gasteiger partial charge in [0.15, 0.2) is 0 Å². The Labute approximate surface area is 149 Å². The number of hydrogen-bond acceptors (Lipinski definition) is 3. The smallest absolute Gasteiger partial charge is 0.416 e. The molecule has 26 heavy (non-hydrogen) atoms. The largest absolute Gasteiger partial charge is 0.467 e. The summed E-state index contributed by atoms with van der Waals surface area (Å²) in [5.74, 6) is -1.06. The number of amides is 1. The first kappa shape index (κ1) is 19.5. The number of carbonyl (C=O) groups is 2. The van der Waals surface area contributed by atoms with Crippen LogP contribution in [0.15, 0.2) is 54.6 Å². The van der Waals surface area contributed by atoms with Gasteiger partial charge in [-0.3, -0.25) is 4.79 Å². The molecule has 4 nitrogen and oxygen atoms in total. The number of nitrogens with one attached hydrogen (secondary N) is 1. The van der Waals surface area contributed by atoms with Crippen molar-refractivity contribution >= 4 is 11.9 Å². The topological polar surface area (TPSA) is 55.4 Å². The molecule has 0 aliphatic heterocycles. The molecule has 138 valence electrons. The minimum absolute atomic E-state index is 0.138. The molecule has 0 bridgehead atoms. The average molecular weight is 365 g/mol. The van der Waals surface area contributed by atoms with Gasteiger partial charge in [-0.15, -0.1) is 0 Å². The van der Waals surface area contributed by atoms with Crippen LogP contribution in [0.3, 0.4) is 0 Å². The minimum atomic E-state index is -4.42. The number of alkyl halides is 3. The fourth-order valence-corrected chi connectivity index (χ4v) is 2.43. The molecule has 1 amide bonds. The van der Waals surface area contributed by atoms with Crippen molar-refractivity contribution in [3.8, 4) is 0 Å². The molecule has 0 unspecified atom stereocenters. The van der Waals surface area contributed by atoms with E-state index in [9.17, 15) is 22.8 Å². The maximum atomic E-state index is 12.6. The van der Waals surface area contributed by atoms with E-state index in [0.717, 1.165) is 17.7 Å². The van der Waals surface area contributed by atoms with Gasteiger partial charge in [0.25, 0.3) is 0 Å². The van der Waals surface area contributed by atoms with E-state index in [4.69, 9.17) is 4.74 Å². The Morgan fingerprint density at radius 3 is 2.15 bits per heavy atom. The van der Waals surface area contributed by atoms with Gasteiger partial charge in [0, 0.05) is 6.42 Å². The standard InChI is InChI=1S/C19H18F3NO3/c1-26-18(25)16(11-13-5-3-2-4-6-13)23-17(24)12-14-7-9-15(10-8-14)19(20,21)22/h2-10,16H,11-12H2,1H3,(H,23,24)/t16-/m0/s1. The fraction of sp³-hybridized carbons (Fsp3) is 0.263. The van der Waals surface area contributed by atoms with Crippen LogP contribution in [0, 0.1) is 0 Å². The van der Waals surface area contributed by atoms with Gasteiger partial charge < -0.3 is 10.1 Å². The van der Waals surface area contributed by atoms with Crippen LogP contribution in [0.5, 0.6) is 0 Å². The first-order valence-corrected chi connectivity index (χ1v) is 7.87. The van der Waals surface area contributed by atoms with Crippen LogP contribution in [-0.4, -0.2) is 25.0 Å². The van der Waals surface area contributed by atoms with Gasteiger partial charge in [-0.2, -0.15) is 13.2 Å². The third kappa shape index (κ3) is 5.61. The minimum Gasteiger partial charge on any atom is -0.467 e. The Kier molecular flexibility index (Phi) is 6.38. The number of benzene rings is 2. The Bertz CT molecular complexity index is 743. The van der Waals surface area contributed by atoms with Gasteiger partial charge in [0.05, 0.1) is 19.1 Å². The highest BCUT2D eigenvalue weighted by molar-refractivity contribution is 5.85. The first-order valence-electron chi connectivity index (χ1n) is 7.87. The van der Waals surface area contributed by atoms with E-state index in [1.54, 1.807) is 0 Å². The zero-order chi connectivity index (χ0) is 19.2. The zero-order valence-electron chi connectivity index (χ0n) is 14.0. The molecule has 2 rings (SSSR count). The van der Waals surface area contributed by atoms with E-state index in [0.29, 0.717) is 5.56 Å². The number of carbonyl (C=O) groups excluding carboxylic acids is 2. The van der Waals surface area contributed by atoms with Gasteiger partial charge in [-0.1, -0.05) is 42.5 Å². The van der Waals surface area contributed by atoms with Crippen molar-refractivity contribution < 1.29 is 27.5 Å². The maximum absolute atomic E-state index is 12.6. The van der Waals surface area contributed by atoms with Crippen LogP contribution < -0.4 is 5.32 Å². The lowest BCUT2D eigenvalue weighted by atomic mass is 10.0. The molecule has 0 radical (unpaired) electrons. The molecule has 0 aliphatic rings. The third-order valence-electron chi connectivity index (χ3n) is 3.75. The quantitative estimate of drug-likeness (QED) is 0.800. The number of methoxy groups -OCH3 is 1. The lowest BCUT2D eigenvalue weighted by Crippen LogP contribution is -2.43. The molecule has 0 spiro atoms. The van der Waals surface area contributed by atoms with Crippen LogP contribution in [0.1, 0.15) is 16.7 Å². The summed E-state index contributed by atoms with van der Waals surface area (Å²) in [6.45, 7) is 0. The normalized spacial score (nSPS) is 12.3. The molecule has 0 heterocycles. The summed E-state index contributed by atoms with van der Waals surface area (Å²) in [5.41, 5.74) is 0.481. The lowest BCUT2D eigenvalue weighted by Gasteiger charge is -2.17. The second-order valence-corrected chi connectivity index (χ2v) is 5.70. The summed E-state index contributed by atoms with van der Waals surface area (Å²) in [4.78, 5) is 24.1. The SMILES string of the molecule is COC(=O)[C@H](Cc1ccccc1)NC(=O)Cc1ccc(C(F)(F)F)cc1. The Morgan fingerprint density at radius 2 is 1.62 bits per heavy atom. The van der Waals surface area contributed by atoms with Crippen LogP contribution in [-0.2, 0) is 33.3 Å². The van der Waals surface area contributed by atoms with Crippen LogP contribution in [0.2, 0.25) is 0 Å². The molecule has 2 aromatic rings. The molecular weight excluding hydrogens is 347 g/mol. The van der Waals surface area contributed by atoms with E-state index >= 15 is 0 Å². The molecule has 7 heteroatoms. The maximum Gasteiger partial charge on any atom is 0.416 e. The van der Waals surface area contributed by atoms with Crippen molar-refractivity contribution in [2.75, 3.05) is 7.11 Å². The van der Waals surface area contributed by atoms with Gasteiger partial charge >= 0.3 is 12.1 Å². The first-order chi connectivity index (χ1) is 12.3. The monoisotopic (exact) mass is 365 g/mol. The number of ether oxygens (including phenoxy) is 1.